The van der Waals surface area contributed by atoms with E-state index >= 15 is 0 Å². The lowest BCUT2D eigenvalue weighted by atomic mass is 10.1. The van der Waals surface area contributed by atoms with Gasteiger partial charge in [0.05, 0.1) is 36.8 Å². The van der Waals surface area contributed by atoms with Crippen LogP contribution in [0.2, 0.25) is 0 Å². The molecule has 14 heteroatoms. The van der Waals surface area contributed by atoms with Gasteiger partial charge in [-0.3, -0.25) is 9.48 Å². The molecule has 5 aromatic rings. The zero-order chi connectivity index (χ0) is 28.7. The molecule has 0 aliphatic rings. The van der Waals surface area contributed by atoms with Gasteiger partial charge >= 0.3 is 12.4 Å². The quantitative estimate of drug-likeness (QED) is 0.260. The first-order valence-corrected chi connectivity index (χ1v) is 11.5. The van der Waals surface area contributed by atoms with Crippen LogP contribution in [-0.4, -0.2) is 37.4 Å². The summed E-state index contributed by atoms with van der Waals surface area (Å²) in [6.07, 6.45) is -6.67. The molecule has 0 saturated heterocycles. The molecule has 1 N–H and O–H groups in total. The second-order valence-corrected chi connectivity index (χ2v) is 8.63. The number of fused-ring (bicyclic) bond motifs is 1. The number of ether oxygens (including phenoxy) is 1. The van der Waals surface area contributed by atoms with E-state index in [1.165, 1.54) is 36.3 Å². The minimum Gasteiger partial charge on any atom is -0.497 e. The average molecular weight is 560 g/mol. The number of nitrogens with one attached hydrogen (secondary N) is 1. The monoisotopic (exact) mass is 560 g/mol. The summed E-state index contributed by atoms with van der Waals surface area (Å²) in [5.41, 5.74) is -1.57. The summed E-state index contributed by atoms with van der Waals surface area (Å²) in [5, 5.41) is 10.3. The van der Waals surface area contributed by atoms with Gasteiger partial charge in [0.1, 0.15) is 5.75 Å². The van der Waals surface area contributed by atoms with Gasteiger partial charge < -0.3 is 10.1 Å². The molecule has 0 aliphatic carbocycles. The SMILES string of the molecule is COc1ccc(-c2cc(C(F)(F)F)n3nc(C(=O)Nc4cnn(Cc5cccc(C(F)(F)F)c5)c4)cc3n2)cc1. The number of anilines is 1. The zero-order valence-corrected chi connectivity index (χ0v) is 20.5. The highest BCUT2D eigenvalue weighted by Gasteiger charge is 2.36. The molecule has 3 aromatic heterocycles. The van der Waals surface area contributed by atoms with E-state index in [1.54, 1.807) is 24.3 Å². The van der Waals surface area contributed by atoms with Gasteiger partial charge in [-0.05, 0) is 48.0 Å². The van der Waals surface area contributed by atoms with E-state index in [-0.39, 0.29) is 29.3 Å². The maximum Gasteiger partial charge on any atom is 0.433 e. The Morgan fingerprint density at radius 2 is 1.73 bits per heavy atom. The van der Waals surface area contributed by atoms with Crippen molar-refractivity contribution in [3.63, 3.8) is 0 Å². The van der Waals surface area contributed by atoms with Crippen molar-refractivity contribution in [3.05, 3.63) is 95.6 Å². The summed E-state index contributed by atoms with van der Waals surface area (Å²) in [5.74, 6) is -0.314. The van der Waals surface area contributed by atoms with Crippen LogP contribution in [-0.2, 0) is 18.9 Å². The molecule has 206 valence electrons. The molecular formula is C26H18F6N6O2. The number of nitrogens with zero attached hydrogens (tertiary/aromatic N) is 5. The largest absolute Gasteiger partial charge is 0.497 e. The minimum absolute atomic E-state index is 0.0127. The fourth-order valence-corrected chi connectivity index (χ4v) is 3.94. The lowest BCUT2D eigenvalue weighted by Crippen LogP contribution is -2.15. The second-order valence-electron chi connectivity index (χ2n) is 8.63. The Morgan fingerprint density at radius 3 is 2.40 bits per heavy atom. The summed E-state index contributed by atoms with van der Waals surface area (Å²) in [7, 11) is 1.46. The molecule has 2 aromatic carbocycles. The van der Waals surface area contributed by atoms with Crippen LogP contribution in [0.25, 0.3) is 16.9 Å². The maximum absolute atomic E-state index is 13.9. The van der Waals surface area contributed by atoms with Gasteiger partial charge in [-0.1, -0.05) is 12.1 Å². The molecular weight excluding hydrogens is 542 g/mol. The predicted octanol–water partition coefficient (Wildman–Crippen LogP) is 5.94. The molecule has 0 saturated carbocycles. The number of carbonyl (C=O) groups excluding carboxylic acids is 1. The van der Waals surface area contributed by atoms with Crippen molar-refractivity contribution in [2.75, 3.05) is 12.4 Å². The van der Waals surface area contributed by atoms with Crippen LogP contribution in [0, 0.1) is 0 Å². The zero-order valence-electron chi connectivity index (χ0n) is 20.5. The highest BCUT2D eigenvalue weighted by atomic mass is 19.4. The van der Waals surface area contributed by atoms with Crippen molar-refractivity contribution in [3.8, 4) is 17.0 Å². The van der Waals surface area contributed by atoms with Gasteiger partial charge in [-0.2, -0.15) is 36.5 Å². The van der Waals surface area contributed by atoms with E-state index in [4.69, 9.17) is 4.74 Å². The summed E-state index contributed by atoms with van der Waals surface area (Å²) in [6, 6.07) is 12.9. The molecule has 0 aliphatic heterocycles. The second kappa shape index (κ2) is 10.0. The number of rotatable bonds is 6. The predicted molar refractivity (Wildman–Crippen MR) is 131 cm³/mol. The van der Waals surface area contributed by atoms with Crippen molar-refractivity contribution in [1.82, 2.24) is 24.4 Å². The highest BCUT2D eigenvalue weighted by molar-refractivity contribution is 6.03. The van der Waals surface area contributed by atoms with Crippen LogP contribution >= 0.6 is 0 Å². The van der Waals surface area contributed by atoms with E-state index in [1.807, 2.05) is 0 Å². The first-order valence-electron chi connectivity index (χ1n) is 11.5. The van der Waals surface area contributed by atoms with Gasteiger partial charge in [-0.15, -0.1) is 0 Å². The number of aromatic nitrogens is 5. The number of amides is 1. The molecule has 0 atom stereocenters. The van der Waals surface area contributed by atoms with Crippen LogP contribution in [0.1, 0.15) is 27.3 Å². The smallest absolute Gasteiger partial charge is 0.433 e. The van der Waals surface area contributed by atoms with Gasteiger partial charge in [-0.25, -0.2) is 9.50 Å². The summed E-state index contributed by atoms with van der Waals surface area (Å²) >= 11 is 0. The first-order chi connectivity index (χ1) is 18.9. The van der Waals surface area contributed by atoms with Crippen molar-refractivity contribution >= 4 is 17.2 Å². The van der Waals surface area contributed by atoms with Crippen molar-refractivity contribution in [2.45, 2.75) is 18.9 Å². The number of carbonyl (C=O) groups is 1. The third kappa shape index (κ3) is 5.60. The van der Waals surface area contributed by atoms with Crippen LogP contribution in [0.5, 0.6) is 5.75 Å². The van der Waals surface area contributed by atoms with Gasteiger partial charge in [0.15, 0.2) is 17.0 Å². The molecule has 0 spiro atoms. The van der Waals surface area contributed by atoms with E-state index < -0.39 is 29.5 Å². The van der Waals surface area contributed by atoms with Gasteiger partial charge in [0.25, 0.3) is 5.91 Å². The lowest BCUT2D eigenvalue weighted by molar-refractivity contribution is -0.142. The van der Waals surface area contributed by atoms with E-state index in [0.717, 1.165) is 24.3 Å². The Hall–Kier alpha value is -4.88. The van der Waals surface area contributed by atoms with Gasteiger partial charge in [0.2, 0.25) is 0 Å². The average Bonchev–Trinajstić information content (AvgIpc) is 3.54. The number of methoxy groups -OCH3 is 1. The Balaban J connectivity index is 1.39. The van der Waals surface area contributed by atoms with Crippen molar-refractivity contribution in [1.29, 1.82) is 0 Å². The Labute approximate surface area is 221 Å². The topological polar surface area (TPSA) is 86.3 Å². The Kier molecular flexibility index (Phi) is 6.69. The van der Waals surface area contributed by atoms with E-state index in [2.05, 4.69) is 20.5 Å². The molecule has 40 heavy (non-hydrogen) atoms. The van der Waals surface area contributed by atoms with Crippen LogP contribution < -0.4 is 10.1 Å². The molecule has 3 heterocycles. The van der Waals surface area contributed by atoms with Crippen molar-refractivity contribution in [2.24, 2.45) is 0 Å². The highest BCUT2D eigenvalue weighted by Crippen LogP contribution is 2.33. The van der Waals surface area contributed by atoms with Crippen LogP contribution in [0.15, 0.2) is 73.1 Å². The van der Waals surface area contributed by atoms with Gasteiger partial charge in [0, 0.05) is 17.8 Å². The molecule has 8 nitrogen and oxygen atoms in total. The minimum atomic E-state index is -4.80. The summed E-state index contributed by atoms with van der Waals surface area (Å²) in [6.45, 7) is -0.0127. The fourth-order valence-electron chi connectivity index (χ4n) is 3.94. The fraction of sp³-hybridized carbons (Fsp3) is 0.154. The summed E-state index contributed by atoms with van der Waals surface area (Å²) in [4.78, 5) is 17.1. The number of alkyl halides is 6. The normalized spacial score (nSPS) is 12.1. The molecule has 0 fully saturated rings. The Morgan fingerprint density at radius 1 is 0.975 bits per heavy atom. The standard InChI is InChI=1S/C26H18F6N6O2/c1-40-19-7-5-16(6-8-19)20-10-22(26(30,31)32)38-23(35-20)11-21(36-38)24(39)34-18-12-33-37(14-18)13-15-3-2-4-17(9-15)25(27,28)29/h2-12,14H,13H2,1H3,(H,34,39). The molecule has 5 rings (SSSR count). The number of halogens is 6. The number of hydrogen-bond donors (Lipinski definition) is 1. The van der Waals surface area contributed by atoms with Crippen molar-refractivity contribution < 1.29 is 35.9 Å². The molecule has 0 bridgehead atoms. The maximum atomic E-state index is 13.9. The molecule has 1 amide bonds. The summed E-state index contributed by atoms with van der Waals surface area (Å²) < 4.78 is 87.5. The van der Waals surface area contributed by atoms with E-state index in [9.17, 15) is 31.1 Å². The molecule has 0 unspecified atom stereocenters. The van der Waals surface area contributed by atoms with E-state index in [0.29, 0.717) is 21.4 Å². The van der Waals surface area contributed by atoms with Crippen LogP contribution in [0.3, 0.4) is 0 Å². The number of hydrogen-bond acceptors (Lipinski definition) is 5. The van der Waals surface area contributed by atoms with Crippen LogP contribution in [0.4, 0.5) is 32.0 Å². The lowest BCUT2D eigenvalue weighted by Gasteiger charge is -2.11. The number of benzene rings is 2. The third-order valence-electron chi connectivity index (χ3n) is 5.83. The third-order valence-corrected chi connectivity index (χ3v) is 5.83. The first kappa shape index (κ1) is 26.7. The molecule has 0 radical (unpaired) electrons. The Bertz CT molecular complexity index is 1690.